The molecule has 0 fully saturated rings. The van der Waals surface area contributed by atoms with Crippen molar-refractivity contribution in [3.8, 4) is 0 Å². The third-order valence-corrected chi connectivity index (χ3v) is 4.47. The number of carbonyl (C=O) groups is 3. The Labute approximate surface area is 152 Å². The van der Waals surface area contributed by atoms with Gasteiger partial charge in [0.05, 0.1) is 17.9 Å². The van der Waals surface area contributed by atoms with Gasteiger partial charge in [0.25, 0.3) is 0 Å². The van der Waals surface area contributed by atoms with E-state index in [0.717, 1.165) is 5.56 Å². The second kappa shape index (κ2) is 8.69. The number of amidine groups is 1. The smallest absolute Gasteiger partial charge is 0.306 e. The molecule has 2 heterocycles. The summed E-state index contributed by atoms with van der Waals surface area (Å²) in [6, 6.07) is 3.14. The third-order valence-electron chi connectivity index (χ3n) is 4.47. The van der Waals surface area contributed by atoms with Crippen LogP contribution in [0.2, 0.25) is 0 Å². The molecule has 1 amide bonds. The van der Waals surface area contributed by atoms with Crippen molar-refractivity contribution < 1.29 is 19.5 Å². The van der Waals surface area contributed by atoms with Crippen LogP contribution in [0.3, 0.4) is 0 Å². The second-order valence-corrected chi connectivity index (χ2v) is 7.16. The highest BCUT2D eigenvalue weighted by Crippen LogP contribution is 2.22. The minimum atomic E-state index is -0.966. The molecule has 1 aliphatic rings. The summed E-state index contributed by atoms with van der Waals surface area (Å²) in [5.74, 6) is -2.07. The van der Waals surface area contributed by atoms with E-state index in [1.54, 1.807) is 31.5 Å². The van der Waals surface area contributed by atoms with E-state index in [0.29, 0.717) is 12.3 Å². The number of nitrogens with one attached hydrogen (secondary N) is 1. The van der Waals surface area contributed by atoms with Gasteiger partial charge in [-0.1, -0.05) is 13.8 Å². The molecular weight excluding hydrogens is 334 g/mol. The molecular formula is C19H25N3O4. The van der Waals surface area contributed by atoms with Crippen LogP contribution in [0.1, 0.15) is 45.6 Å². The molecule has 140 valence electrons. The number of aliphatic imine (C=N–C) groups is 1. The standard InChI is InChI=1S/C19H25N3O4/c1-11(2)8-14(19(25)26)9-15(23)10-16-12(3)21-17(22-18(16)24)13-4-6-20-7-5-13/h4-7,11-12,14,16H,8-10H2,1-3H3,(H,25,26)(H,21,22,24). The number of amides is 1. The predicted octanol–water partition coefficient (Wildman–Crippen LogP) is 2.06. The Kier molecular flexibility index (Phi) is 6.60. The van der Waals surface area contributed by atoms with Crippen LogP contribution in [-0.2, 0) is 14.4 Å². The first-order chi connectivity index (χ1) is 12.3. The second-order valence-electron chi connectivity index (χ2n) is 7.16. The maximum atomic E-state index is 12.4. The zero-order valence-corrected chi connectivity index (χ0v) is 15.3. The van der Waals surface area contributed by atoms with Gasteiger partial charge in [0.2, 0.25) is 5.91 Å². The minimum Gasteiger partial charge on any atom is -0.481 e. The first-order valence-corrected chi connectivity index (χ1v) is 8.81. The summed E-state index contributed by atoms with van der Waals surface area (Å²) in [7, 11) is 0. The number of carboxylic acid groups (broad SMARTS) is 1. The molecule has 2 rings (SSSR count). The van der Waals surface area contributed by atoms with Gasteiger partial charge in [-0.15, -0.1) is 0 Å². The van der Waals surface area contributed by atoms with E-state index in [9.17, 15) is 19.5 Å². The largest absolute Gasteiger partial charge is 0.481 e. The zero-order chi connectivity index (χ0) is 19.3. The lowest BCUT2D eigenvalue weighted by Crippen LogP contribution is -2.46. The SMILES string of the molecule is CC(C)CC(CC(=O)CC1C(=O)NC(c2ccncc2)=NC1C)C(=O)O. The van der Waals surface area contributed by atoms with Gasteiger partial charge in [0, 0.05) is 30.8 Å². The summed E-state index contributed by atoms with van der Waals surface area (Å²) in [5.41, 5.74) is 0.757. The highest BCUT2D eigenvalue weighted by Gasteiger charge is 2.33. The number of aliphatic carboxylic acids is 1. The fourth-order valence-electron chi connectivity index (χ4n) is 3.12. The highest BCUT2D eigenvalue weighted by atomic mass is 16.4. The van der Waals surface area contributed by atoms with E-state index in [4.69, 9.17) is 0 Å². The maximum Gasteiger partial charge on any atom is 0.306 e. The number of aromatic nitrogens is 1. The molecule has 0 bridgehead atoms. The van der Waals surface area contributed by atoms with E-state index in [2.05, 4.69) is 15.3 Å². The Hall–Kier alpha value is -2.57. The van der Waals surface area contributed by atoms with Crippen LogP contribution in [-0.4, -0.2) is 39.6 Å². The lowest BCUT2D eigenvalue weighted by Gasteiger charge is -2.27. The molecule has 3 atom stereocenters. The number of carboxylic acids is 1. The van der Waals surface area contributed by atoms with Crippen LogP contribution in [0.15, 0.2) is 29.5 Å². The highest BCUT2D eigenvalue weighted by molar-refractivity contribution is 6.10. The molecule has 0 saturated heterocycles. The number of carbonyl (C=O) groups excluding carboxylic acids is 2. The number of nitrogens with zero attached hydrogens (tertiary/aromatic N) is 2. The minimum absolute atomic E-state index is 0.00198. The predicted molar refractivity (Wildman–Crippen MR) is 96.7 cm³/mol. The summed E-state index contributed by atoms with van der Waals surface area (Å²) < 4.78 is 0. The molecule has 0 radical (unpaired) electrons. The van der Waals surface area contributed by atoms with Crippen molar-refractivity contribution >= 4 is 23.5 Å². The number of pyridine rings is 1. The number of hydrogen-bond acceptors (Lipinski definition) is 5. The van der Waals surface area contributed by atoms with Crippen molar-refractivity contribution in [2.45, 2.75) is 46.1 Å². The van der Waals surface area contributed by atoms with Crippen LogP contribution in [0.4, 0.5) is 0 Å². The van der Waals surface area contributed by atoms with Crippen LogP contribution in [0, 0.1) is 17.8 Å². The molecule has 1 aromatic rings. The summed E-state index contributed by atoms with van der Waals surface area (Å²) in [6.07, 6.45) is 3.63. The van der Waals surface area contributed by atoms with E-state index < -0.39 is 17.8 Å². The van der Waals surface area contributed by atoms with Gasteiger partial charge in [0.15, 0.2) is 0 Å². The van der Waals surface area contributed by atoms with E-state index in [-0.39, 0.29) is 36.5 Å². The van der Waals surface area contributed by atoms with Gasteiger partial charge in [-0.05, 0) is 31.4 Å². The zero-order valence-electron chi connectivity index (χ0n) is 15.3. The Morgan fingerprint density at radius 1 is 1.27 bits per heavy atom. The monoisotopic (exact) mass is 359 g/mol. The summed E-state index contributed by atoms with van der Waals surface area (Å²) in [5, 5.41) is 12.0. The van der Waals surface area contributed by atoms with Crippen molar-refractivity contribution in [3.05, 3.63) is 30.1 Å². The van der Waals surface area contributed by atoms with Crippen LogP contribution >= 0.6 is 0 Å². The first-order valence-electron chi connectivity index (χ1n) is 8.81. The number of rotatable bonds is 8. The van der Waals surface area contributed by atoms with Gasteiger partial charge in [0.1, 0.15) is 11.6 Å². The summed E-state index contributed by atoms with van der Waals surface area (Å²) in [4.78, 5) is 44.6. The van der Waals surface area contributed by atoms with Gasteiger partial charge >= 0.3 is 5.97 Å². The average Bonchev–Trinajstić information content (AvgIpc) is 2.57. The Morgan fingerprint density at radius 3 is 2.46 bits per heavy atom. The molecule has 7 nitrogen and oxygen atoms in total. The molecule has 7 heteroatoms. The number of Topliss-reactive ketones (excluding diaryl/α,β-unsaturated/α-hetero) is 1. The third kappa shape index (κ3) is 5.21. The molecule has 1 aliphatic heterocycles. The first kappa shape index (κ1) is 19.8. The molecule has 1 aromatic heterocycles. The van der Waals surface area contributed by atoms with Gasteiger partial charge < -0.3 is 10.4 Å². The Bertz CT molecular complexity index is 700. The summed E-state index contributed by atoms with van der Waals surface area (Å²) >= 11 is 0. The molecule has 2 N–H and O–H groups in total. The Balaban J connectivity index is 2.03. The normalized spacial score (nSPS) is 21.1. The lowest BCUT2D eigenvalue weighted by molar-refractivity contribution is -0.144. The topological polar surface area (TPSA) is 109 Å². The Morgan fingerprint density at radius 2 is 1.92 bits per heavy atom. The molecule has 0 spiro atoms. The quantitative estimate of drug-likeness (QED) is 0.738. The van der Waals surface area contributed by atoms with Crippen LogP contribution in [0.25, 0.3) is 0 Å². The van der Waals surface area contributed by atoms with E-state index in [1.165, 1.54) is 0 Å². The van der Waals surface area contributed by atoms with Crippen molar-refractivity contribution in [2.24, 2.45) is 22.7 Å². The fraction of sp³-hybridized carbons (Fsp3) is 0.526. The molecule has 3 unspecified atom stereocenters. The van der Waals surface area contributed by atoms with Crippen molar-refractivity contribution in [3.63, 3.8) is 0 Å². The van der Waals surface area contributed by atoms with Gasteiger partial charge in [-0.25, -0.2) is 0 Å². The van der Waals surface area contributed by atoms with E-state index >= 15 is 0 Å². The fourth-order valence-corrected chi connectivity index (χ4v) is 3.12. The van der Waals surface area contributed by atoms with Crippen molar-refractivity contribution in [1.82, 2.24) is 10.3 Å². The van der Waals surface area contributed by atoms with E-state index in [1.807, 2.05) is 13.8 Å². The van der Waals surface area contributed by atoms with Gasteiger partial charge in [-0.3, -0.25) is 24.4 Å². The number of ketones is 1. The summed E-state index contributed by atoms with van der Waals surface area (Å²) in [6.45, 7) is 5.64. The van der Waals surface area contributed by atoms with Crippen LogP contribution in [0.5, 0.6) is 0 Å². The van der Waals surface area contributed by atoms with Gasteiger partial charge in [-0.2, -0.15) is 0 Å². The molecule has 26 heavy (non-hydrogen) atoms. The molecule has 0 aromatic carbocycles. The number of hydrogen-bond donors (Lipinski definition) is 2. The average molecular weight is 359 g/mol. The molecule has 0 saturated carbocycles. The lowest BCUT2D eigenvalue weighted by atomic mass is 9.87. The maximum absolute atomic E-state index is 12.4. The van der Waals surface area contributed by atoms with Crippen molar-refractivity contribution in [1.29, 1.82) is 0 Å². The van der Waals surface area contributed by atoms with Crippen LogP contribution < -0.4 is 5.32 Å². The van der Waals surface area contributed by atoms with Crippen molar-refractivity contribution in [2.75, 3.05) is 0 Å². The molecule has 0 aliphatic carbocycles.